The summed E-state index contributed by atoms with van der Waals surface area (Å²) in [4.78, 5) is 11.7. The van der Waals surface area contributed by atoms with E-state index in [0.29, 0.717) is 12.1 Å². The lowest BCUT2D eigenvalue weighted by Crippen LogP contribution is -1.99. The van der Waals surface area contributed by atoms with E-state index in [4.69, 9.17) is 5.11 Å². The molecule has 0 saturated heterocycles. The Kier molecular flexibility index (Phi) is 7.94. The summed E-state index contributed by atoms with van der Waals surface area (Å²) < 4.78 is 0. The Morgan fingerprint density at radius 1 is 1.11 bits per heavy atom. The van der Waals surface area contributed by atoms with Gasteiger partial charge in [-0.25, -0.2) is 5.10 Å². The van der Waals surface area contributed by atoms with Gasteiger partial charge < -0.3 is 5.11 Å². The normalized spacial score (nSPS) is 10.8. The van der Waals surface area contributed by atoms with E-state index < -0.39 is 0 Å². The molecule has 0 radical (unpaired) electrons. The van der Waals surface area contributed by atoms with Crippen molar-refractivity contribution in [2.24, 2.45) is 0 Å². The van der Waals surface area contributed by atoms with E-state index in [1.54, 1.807) is 0 Å². The Bertz CT molecular complexity index is 361. The Labute approximate surface area is 115 Å². The highest BCUT2D eigenvalue weighted by atomic mass is 16.3. The first-order valence-corrected chi connectivity index (χ1v) is 7.51. The number of ketones is 1. The second kappa shape index (κ2) is 9.59. The van der Waals surface area contributed by atoms with Gasteiger partial charge in [0, 0.05) is 12.5 Å². The number of aromatic hydroxyl groups is 1. The molecule has 1 aromatic heterocycles. The summed E-state index contributed by atoms with van der Waals surface area (Å²) in [5.41, 5.74) is 0.345. The molecular weight excluding hydrogens is 240 g/mol. The number of H-pyrrole nitrogens is 1. The largest absolute Gasteiger partial charge is 0.494 e. The van der Waals surface area contributed by atoms with Gasteiger partial charge in [-0.3, -0.25) is 4.79 Å². The molecule has 4 nitrogen and oxygen atoms in total. The maximum Gasteiger partial charge on any atom is 0.207 e. The Balaban J connectivity index is 1.95. The topological polar surface area (TPSA) is 66.0 Å². The van der Waals surface area contributed by atoms with Crippen molar-refractivity contribution in [2.45, 2.75) is 71.1 Å². The van der Waals surface area contributed by atoms with Crippen molar-refractivity contribution >= 4 is 5.78 Å². The van der Waals surface area contributed by atoms with Crippen LogP contribution in [0.1, 0.15) is 81.6 Å². The molecule has 0 bridgehead atoms. The van der Waals surface area contributed by atoms with Crippen LogP contribution in [0.4, 0.5) is 0 Å². The number of hydrogen-bond acceptors (Lipinski definition) is 3. The van der Waals surface area contributed by atoms with E-state index >= 15 is 0 Å². The predicted octanol–water partition coefficient (Wildman–Crippen LogP) is 4.22. The molecule has 0 unspecified atom stereocenters. The zero-order valence-electron chi connectivity index (χ0n) is 12.0. The molecule has 0 aliphatic rings. The molecule has 2 N–H and O–H groups in total. The third-order valence-electron chi connectivity index (χ3n) is 3.36. The summed E-state index contributed by atoms with van der Waals surface area (Å²) in [5.74, 6) is -0.0325. The molecule has 1 rings (SSSR count). The maximum absolute atomic E-state index is 11.7. The van der Waals surface area contributed by atoms with Crippen LogP contribution >= 0.6 is 0 Å². The van der Waals surface area contributed by atoms with Crippen LogP contribution < -0.4 is 0 Å². The van der Waals surface area contributed by atoms with Crippen molar-refractivity contribution < 1.29 is 9.90 Å². The minimum Gasteiger partial charge on any atom is -0.494 e. The number of aromatic nitrogens is 2. The smallest absolute Gasteiger partial charge is 0.207 e. The van der Waals surface area contributed by atoms with E-state index in [-0.39, 0.29) is 11.7 Å². The lowest BCUT2D eigenvalue weighted by atomic mass is 10.0. The molecule has 0 saturated carbocycles. The molecule has 0 amide bonds. The fourth-order valence-corrected chi connectivity index (χ4v) is 2.18. The first kappa shape index (κ1) is 15.7. The number of nitrogens with one attached hydrogen (secondary N) is 1. The summed E-state index contributed by atoms with van der Waals surface area (Å²) in [5, 5.41) is 15.2. The minimum absolute atomic E-state index is 0.0134. The summed E-state index contributed by atoms with van der Waals surface area (Å²) in [6.07, 6.45) is 11.7. The van der Waals surface area contributed by atoms with E-state index in [2.05, 4.69) is 17.1 Å². The Morgan fingerprint density at radius 2 is 1.68 bits per heavy atom. The van der Waals surface area contributed by atoms with E-state index in [0.717, 1.165) is 12.8 Å². The van der Waals surface area contributed by atoms with E-state index in [9.17, 15) is 4.79 Å². The third kappa shape index (κ3) is 6.99. The summed E-state index contributed by atoms with van der Waals surface area (Å²) >= 11 is 0. The average molecular weight is 266 g/mol. The van der Waals surface area contributed by atoms with Gasteiger partial charge in [-0.1, -0.05) is 58.3 Å². The Hall–Kier alpha value is -1.32. The second-order valence-electron chi connectivity index (χ2n) is 5.14. The van der Waals surface area contributed by atoms with Crippen molar-refractivity contribution in [3.63, 3.8) is 0 Å². The van der Waals surface area contributed by atoms with E-state index in [1.165, 1.54) is 51.0 Å². The van der Waals surface area contributed by atoms with Gasteiger partial charge in [-0.05, 0) is 6.42 Å². The van der Waals surface area contributed by atoms with Gasteiger partial charge in [0.25, 0.3) is 0 Å². The van der Waals surface area contributed by atoms with Crippen molar-refractivity contribution in [1.82, 2.24) is 10.2 Å². The molecule has 0 atom stereocenters. The summed E-state index contributed by atoms with van der Waals surface area (Å²) in [7, 11) is 0. The fraction of sp³-hybridized carbons (Fsp3) is 0.733. The standard InChI is InChI=1S/C15H26N2O2/c1-2-3-4-5-6-7-8-9-10-11-14(18)13-12-15(19)17-16-13/h12H,2-11H2,1H3,(H2,16,17,19). The van der Waals surface area contributed by atoms with E-state index in [1.807, 2.05) is 0 Å². The van der Waals surface area contributed by atoms with Gasteiger partial charge in [0.15, 0.2) is 5.78 Å². The molecule has 1 aromatic rings. The first-order valence-electron chi connectivity index (χ1n) is 7.51. The zero-order chi connectivity index (χ0) is 13.9. The molecule has 1 heterocycles. The molecule has 0 aromatic carbocycles. The van der Waals surface area contributed by atoms with Crippen LogP contribution in [0.3, 0.4) is 0 Å². The summed E-state index contributed by atoms with van der Waals surface area (Å²) in [6.45, 7) is 2.23. The van der Waals surface area contributed by atoms with Crippen LogP contribution in [0.5, 0.6) is 5.88 Å². The van der Waals surface area contributed by atoms with Crippen LogP contribution in [0.25, 0.3) is 0 Å². The van der Waals surface area contributed by atoms with Crippen LogP contribution in [-0.2, 0) is 0 Å². The van der Waals surface area contributed by atoms with Gasteiger partial charge in [-0.15, -0.1) is 0 Å². The van der Waals surface area contributed by atoms with Crippen molar-refractivity contribution in [3.8, 4) is 5.88 Å². The Morgan fingerprint density at radius 3 is 2.21 bits per heavy atom. The molecule has 0 aliphatic carbocycles. The lowest BCUT2D eigenvalue weighted by molar-refractivity contribution is 0.0974. The monoisotopic (exact) mass is 266 g/mol. The van der Waals surface area contributed by atoms with Crippen molar-refractivity contribution in [1.29, 1.82) is 0 Å². The maximum atomic E-state index is 11.7. The van der Waals surface area contributed by atoms with Gasteiger partial charge in [-0.2, -0.15) is 5.10 Å². The molecule has 0 fully saturated rings. The number of nitrogens with zero attached hydrogens (tertiary/aromatic N) is 1. The predicted molar refractivity (Wildman–Crippen MR) is 76.4 cm³/mol. The number of rotatable bonds is 11. The number of Topliss-reactive ketones (excluding diaryl/α,β-unsaturated/α-hetero) is 1. The average Bonchev–Trinajstić information content (AvgIpc) is 2.83. The molecular formula is C15H26N2O2. The van der Waals surface area contributed by atoms with Crippen LogP contribution in [0, 0.1) is 0 Å². The zero-order valence-corrected chi connectivity index (χ0v) is 12.0. The van der Waals surface area contributed by atoms with Gasteiger partial charge >= 0.3 is 0 Å². The van der Waals surface area contributed by atoms with Gasteiger partial charge in [0.1, 0.15) is 5.69 Å². The second-order valence-corrected chi connectivity index (χ2v) is 5.14. The van der Waals surface area contributed by atoms with Crippen LogP contribution in [0.15, 0.2) is 6.07 Å². The number of hydrogen-bond donors (Lipinski definition) is 2. The minimum atomic E-state index is -0.0459. The van der Waals surface area contributed by atoms with Gasteiger partial charge in [0.2, 0.25) is 5.88 Å². The molecule has 0 aliphatic heterocycles. The summed E-state index contributed by atoms with van der Waals surface area (Å²) in [6, 6.07) is 1.38. The molecule has 108 valence electrons. The molecule has 4 heteroatoms. The number of aromatic amines is 1. The fourth-order valence-electron chi connectivity index (χ4n) is 2.18. The number of carbonyl (C=O) groups is 1. The van der Waals surface area contributed by atoms with Crippen LogP contribution in [-0.4, -0.2) is 21.1 Å². The van der Waals surface area contributed by atoms with Crippen molar-refractivity contribution in [2.75, 3.05) is 0 Å². The highest BCUT2D eigenvalue weighted by Crippen LogP contribution is 2.13. The SMILES string of the molecule is CCCCCCCCCCCC(=O)c1cc(O)[nH]n1. The third-order valence-corrected chi connectivity index (χ3v) is 3.36. The van der Waals surface area contributed by atoms with Gasteiger partial charge in [0.05, 0.1) is 0 Å². The number of unbranched alkanes of at least 4 members (excludes halogenated alkanes) is 8. The first-order chi connectivity index (χ1) is 9.24. The number of carbonyl (C=O) groups excluding carboxylic acids is 1. The lowest BCUT2D eigenvalue weighted by Gasteiger charge is -2.01. The highest BCUT2D eigenvalue weighted by molar-refractivity contribution is 5.94. The highest BCUT2D eigenvalue weighted by Gasteiger charge is 2.09. The van der Waals surface area contributed by atoms with Crippen LogP contribution in [0.2, 0.25) is 0 Å². The molecule has 0 spiro atoms. The quantitative estimate of drug-likeness (QED) is 0.465. The van der Waals surface area contributed by atoms with Crippen molar-refractivity contribution in [3.05, 3.63) is 11.8 Å². The molecule has 19 heavy (non-hydrogen) atoms.